The summed E-state index contributed by atoms with van der Waals surface area (Å²) >= 11 is 0. The average Bonchev–Trinajstić information content (AvgIpc) is 3.08. The van der Waals surface area contributed by atoms with Crippen LogP contribution in [0.2, 0.25) is 0 Å². The Bertz CT molecular complexity index is 729. The number of piperidine rings is 2. The largest absolute Gasteiger partial charge is 0.468 e. The standard InChI is InChI=1S/C21H27N3O2/c1-15-5-2-6-16(11-15)22-21(25)23-17-12-18-7-3-8-19(13-17)24(18)14-20-9-4-10-26-20/h2,4-6,9-11,17-19H,3,7-8,12-14H2,1H3,(H2,22,23,25). The van der Waals surface area contributed by atoms with E-state index in [0.717, 1.165) is 36.4 Å². The molecule has 2 aliphatic rings. The molecule has 0 radical (unpaired) electrons. The Morgan fingerprint density at radius 3 is 2.69 bits per heavy atom. The molecule has 5 heteroatoms. The molecular formula is C21H27N3O2. The predicted molar refractivity (Wildman–Crippen MR) is 102 cm³/mol. The van der Waals surface area contributed by atoms with Crippen molar-refractivity contribution in [1.82, 2.24) is 10.2 Å². The fraction of sp³-hybridized carbons (Fsp3) is 0.476. The van der Waals surface area contributed by atoms with Gasteiger partial charge >= 0.3 is 6.03 Å². The zero-order valence-corrected chi connectivity index (χ0v) is 15.3. The maximum Gasteiger partial charge on any atom is 0.319 e. The summed E-state index contributed by atoms with van der Waals surface area (Å²) in [6, 6.07) is 13.1. The van der Waals surface area contributed by atoms with Crippen molar-refractivity contribution in [2.75, 3.05) is 5.32 Å². The molecule has 5 nitrogen and oxygen atoms in total. The van der Waals surface area contributed by atoms with E-state index in [2.05, 4.69) is 21.6 Å². The number of nitrogens with one attached hydrogen (secondary N) is 2. The van der Waals surface area contributed by atoms with Gasteiger partial charge in [-0.2, -0.15) is 0 Å². The zero-order valence-electron chi connectivity index (χ0n) is 15.3. The van der Waals surface area contributed by atoms with E-state index in [1.165, 1.54) is 19.3 Å². The molecule has 2 N–H and O–H groups in total. The molecule has 0 aliphatic carbocycles. The number of fused-ring (bicyclic) bond motifs is 2. The maximum atomic E-state index is 12.4. The molecule has 2 amide bonds. The zero-order chi connectivity index (χ0) is 17.9. The molecular weight excluding hydrogens is 326 g/mol. The van der Waals surface area contributed by atoms with Crippen LogP contribution in [0.3, 0.4) is 0 Å². The number of carbonyl (C=O) groups is 1. The molecule has 0 spiro atoms. The highest BCUT2D eigenvalue weighted by molar-refractivity contribution is 5.89. The lowest BCUT2D eigenvalue weighted by Crippen LogP contribution is -2.56. The van der Waals surface area contributed by atoms with Gasteiger partial charge in [-0.05, 0) is 62.4 Å². The molecule has 2 unspecified atom stereocenters. The topological polar surface area (TPSA) is 57.5 Å². The Morgan fingerprint density at radius 2 is 2.00 bits per heavy atom. The number of hydrogen-bond acceptors (Lipinski definition) is 3. The number of rotatable bonds is 4. The Labute approximate surface area is 154 Å². The number of hydrogen-bond donors (Lipinski definition) is 2. The van der Waals surface area contributed by atoms with Crippen molar-refractivity contribution >= 4 is 11.7 Å². The smallest absolute Gasteiger partial charge is 0.319 e. The molecule has 2 atom stereocenters. The van der Waals surface area contributed by atoms with Gasteiger partial charge in [-0.1, -0.05) is 18.6 Å². The Balaban J connectivity index is 1.35. The van der Waals surface area contributed by atoms with Gasteiger partial charge < -0.3 is 15.1 Å². The monoisotopic (exact) mass is 353 g/mol. The van der Waals surface area contributed by atoms with Crippen LogP contribution >= 0.6 is 0 Å². The van der Waals surface area contributed by atoms with Crippen LogP contribution in [0.25, 0.3) is 0 Å². The Kier molecular flexibility index (Phi) is 4.98. The van der Waals surface area contributed by atoms with Crippen molar-refractivity contribution in [1.29, 1.82) is 0 Å². The van der Waals surface area contributed by atoms with Crippen molar-refractivity contribution in [3.05, 3.63) is 54.0 Å². The number of carbonyl (C=O) groups excluding carboxylic acids is 1. The van der Waals surface area contributed by atoms with Crippen molar-refractivity contribution in [3.8, 4) is 0 Å². The highest BCUT2D eigenvalue weighted by Crippen LogP contribution is 2.35. The summed E-state index contributed by atoms with van der Waals surface area (Å²) in [4.78, 5) is 15.0. The molecule has 138 valence electrons. The normalized spacial score (nSPS) is 25.7. The minimum Gasteiger partial charge on any atom is -0.468 e. The second kappa shape index (κ2) is 7.54. The summed E-state index contributed by atoms with van der Waals surface area (Å²) < 4.78 is 5.55. The van der Waals surface area contributed by atoms with Gasteiger partial charge in [0.1, 0.15) is 5.76 Å². The molecule has 2 aliphatic heterocycles. The third-order valence-electron chi connectivity index (χ3n) is 5.66. The number of anilines is 1. The van der Waals surface area contributed by atoms with Crippen molar-refractivity contribution < 1.29 is 9.21 Å². The quantitative estimate of drug-likeness (QED) is 0.862. The van der Waals surface area contributed by atoms with E-state index in [9.17, 15) is 4.79 Å². The maximum absolute atomic E-state index is 12.4. The molecule has 2 saturated heterocycles. The lowest BCUT2D eigenvalue weighted by Gasteiger charge is -2.48. The van der Waals surface area contributed by atoms with E-state index in [4.69, 9.17) is 4.42 Å². The van der Waals surface area contributed by atoms with E-state index in [-0.39, 0.29) is 12.1 Å². The number of nitrogens with zero attached hydrogens (tertiary/aromatic N) is 1. The highest BCUT2D eigenvalue weighted by Gasteiger charge is 2.38. The summed E-state index contributed by atoms with van der Waals surface area (Å²) in [5.74, 6) is 1.03. The Hall–Kier alpha value is -2.27. The molecule has 2 aromatic rings. The van der Waals surface area contributed by atoms with Crippen molar-refractivity contribution in [2.45, 2.75) is 63.7 Å². The molecule has 0 saturated carbocycles. The SMILES string of the molecule is Cc1cccc(NC(=O)NC2CC3CCCC(C2)N3Cc2ccco2)c1. The lowest BCUT2D eigenvalue weighted by atomic mass is 9.81. The summed E-state index contributed by atoms with van der Waals surface area (Å²) in [6.45, 7) is 2.91. The van der Waals surface area contributed by atoms with E-state index in [1.807, 2.05) is 37.3 Å². The minimum absolute atomic E-state index is 0.0989. The van der Waals surface area contributed by atoms with Crippen LogP contribution in [0.5, 0.6) is 0 Å². The third kappa shape index (κ3) is 3.93. The number of furan rings is 1. The van der Waals surface area contributed by atoms with Crippen LogP contribution in [0.15, 0.2) is 47.1 Å². The van der Waals surface area contributed by atoms with Gasteiger partial charge in [-0.15, -0.1) is 0 Å². The summed E-state index contributed by atoms with van der Waals surface area (Å²) in [7, 11) is 0. The molecule has 2 fully saturated rings. The van der Waals surface area contributed by atoms with Crippen LogP contribution in [0.1, 0.15) is 43.4 Å². The molecule has 4 rings (SSSR count). The Morgan fingerprint density at radius 1 is 1.19 bits per heavy atom. The van der Waals surface area contributed by atoms with E-state index in [0.29, 0.717) is 12.1 Å². The number of urea groups is 1. The number of benzene rings is 1. The van der Waals surface area contributed by atoms with Crippen LogP contribution in [-0.2, 0) is 6.54 Å². The fourth-order valence-corrected chi connectivity index (χ4v) is 4.51. The first kappa shape index (κ1) is 17.2. The molecule has 3 heterocycles. The van der Waals surface area contributed by atoms with Gasteiger partial charge in [0.05, 0.1) is 12.8 Å². The van der Waals surface area contributed by atoms with Crippen LogP contribution in [0, 0.1) is 6.92 Å². The first-order chi connectivity index (χ1) is 12.7. The van der Waals surface area contributed by atoms with Crippen molar-refractivity contribution in [2.24, 2.45) is 0 Å². The summed E-state index contributed by atoms with van der Waals surface area (Å²) in [5, 5.41) is 6.16. The summed E-state index contributed by atoms with van der Waals surface area (Å²) in [6.07, 6.45) is 7.46. The van der Waals surface area contributed by atoms with Crippen LogP contribution in [-0.4, -0.2) is 29.1 Å². The van der Waals surface area contributed by atoms with Gasteiger partial charge in [-0.3, -0.25) is 4.90 Å². The second-order valence-electron chi connectivity index (χ2n) is 7.63. The summed E-state index contributed by atoms with van der Waals surface area (Å²) in [5.41, 5.74) is 1.99. The van der Waals surface area contributed by atoms with Crippen LogP contribution in [0.4, 0.5) is 10.5 Å². The minimum atomic E-state index is -0.0989. The first-order valence-corrected chi connectivity index (χ1v) is 9.60. The van der Waals surface area contributed by atoms with E-state index < -0.39 is 0 Å². The van der Waals surface area contributed by atoms with E-state index in [1.54, 1.807) is 6.26 Å². The second-order valence-corrected chi connectivity index (χ2v) is 7.63. The van der Waals surface area contributed by atoms with Gasteiger partial charge in [-0.25, -0.2) is 4.79 Å². The van der Waals surface area contributed by atoms with Gasteiger partial charge in [0.2, 0.25) is 0 Å². The fourth-order valence-electron chi connectivity index (χ4n) is 4.51. The molecule has 1 aromatic heterocycles. The third-order valence-corrected chi connectivity index (χ3v) is 5.66. The molecule has 2 bridgehead atoms. The van der Waals surface area contributed by atoms with Gasteiger partial charge in [0.25, 0.3) is 0 Å². The van der Waals surface area contributed by atoms with Gasteiger partial charge in [0.15, 0.2) is 0 Å². The predicted octanol–water partition coefficient (Wildman–Crippen LogP) is 4.30. The van der Waals surface area contributed by atoms with Crippen LogP contribution < -0.4 is 10.6 Å². The number of amides is 2. The molecule has 26 heavy (non-hydrogen) atoms. The first-order valence-electron chi connectivity index (χ1n) is 9.60. The molecule has 1 aromatic carbocycles. The van der Waals surface area contributed by atoms with Crippen molar-refractivity contribution in [3.63, 3.8) is 0 Å². The van der Waals surface area contributed by atoms with Gasteiger partial charge in [0, 0.05) is 23.8 Å². The van der Waals surface area contributed by atoms with E-state index >= 15 is 0 Å². The number of aryl methyl sites for hydroxylation is 1. The highest BCUT2D eigenvalue weighted by atomic mass is 16.3. The lowest BCUT2D eigenvalue weighted by molar-refractivity contribution is 0.0150. The average molecular weight is 353 g/mol.